The Morgan fingerprint density at radius 2 is 1.78 bits per heavy atom. The van der Waals surface area contributed by atoms with Gasteiger partial charge in [-0.15, -0.1) is 0 Å². The minimum Gasteiger partial charge on any atom is -0.495 e. The molecule has 0 heterocycles. The van der Waals surface area contributed by atoms with Crippen molar-refractivity contribution in [1.29, 1.82) is 0 Å². The summed E-state index contributed by atoms with van der Waals surface area (Å²) in [6.45, 7) is 5.98. The van der Waals surface area contributed by atoms with Crippen LogP contribution >= 0.6 is 0 Å². The molecule has 0 saturated carbocycles. The van der Waals surface area contributed by atoms with Gasteiger partial charge in [0.05, 0.1) is 13.7 Å². The van der Waals surface area contributed by atoms with Crippen molar-refractivity contribution in [2.45, 2.75) is 18.2 Å². The minimum atomic E-state index is -4.00. The Morgan fingerprint density at radius 1 is 1.09 bits per heavy atom. The van der Waals surface area contributed by atoms with E-state index >= 15 is 0 Å². The third-order valence-electron chi connectivity index (χ3n) is 2.98. The van der Waals surface area contributed by atoms with Crippen molar-refractivity contribution in [1.82, 2.24) is 0 Å². The van der Waals surface area contributed by atoms with Crippen LogP contribution in [0.25, 0.3) is 0 Å². The fraction of sp³-hybridized carbons (Fsp3) is 0.235. The second-order valence-corrected chi connectivity index (χ2v) is 6.39. The van der Waals surface area contributed by atoms with E-state index in [0.29, 0.717) is 18.8 Å². The summed E-state index contributed by atoms with van der Waals surface area (Å²) in [4.78, 5) is -0.0239. The van der Waals surface area contributed by atoms with Crippen molar-refractivity contribution in [2.75, 3.05) is 13.7 Å². The average molecular weight is 335 g/mol. The molecule has 0 spiro atoms. The molecule has 0 aromatic heterocycles. The van der Waals surface area contributed by atoms with Crippen molar-refractivity contribution >= 4 is 10.1 Å². The van der Waals surface area contributed by atoms with Gasteiger partial charge < -0.3 is 13.7 Å². The van der Waals surface area contributed by atoms with Crippen LogP contribution in [0.5, 0.6) is 17.2 Å². The number of rotatable bonds is 7. The molecular formula is C17H19O5S. The van der Waals surface area contributed by atoms with E-state index in [1.807, 2.05) is 6.92 Å². The van der Waals surface area contributed by atoms with Crippen LogP contribution in [-0.4, -0.2) is 22.1 Å². The van der Waals surface area contributed by atoms with Gasteiger partial charge >= 0.3 is 10.1 Å². The molecular weight excluding hydrogens is 316 g/mol. The molecule has 0 fully saturated rings. The quantitative estimate of drug-likeness (QED) is 0.726. The van der Waals surface area contributed by atoms with Crippen molar-refractivity contribution in [3.8, 4) is 17.2 Å². The van der Waals surface area contributed by atoms with Gasteiger partial charge in [-0.2, -0.15) is 8.42 Å². The Morgan fingerprint density at radius 3 is 2.48 bits per heavy atom. The van der Waals surface area contributed by atoms with Gasteiger partial charge in [-0.1, -0.05) is 12.1 Å². The number of ether oxygens (including phenoxy) is 2. The second-order valence-electron chi connectivity index (χ2n) is 4.87. The van der Waals surface area contributed by atoms with Crippen molar-refractivity contribution in [3.05, 3.63) is 55.0 Å². The summed E-state index contributed by atoms with van der Waals surface area (Å²) in [6.07, 6.45) is 0.615. The van der Waals surface area contributed by atoms with Gasteiger partial charge in [-0.3, -0.25) is 0 Å². The normalized spacial score (nSPS) is 11.1. The molecule has 0 atom stereocenters. The van der Waals surface area contributed by atoms with Gasteiger partial charge in [0.15, 0.2) is 0 Å². The van der Waals surface area contributed by atoms with Crippen LogP contribution in [0.1, 0.15) is 12.0 Å². The van der Waals surface area contributed by atoms with Gasteiger partial charge in [-0.05, 0) is 50.1 Å². The lowest BCUT2D eigenvalue weighted by molar-refractivity contribution is 0.323. The van der Waals surface area contributed by atoms with Gasteiger partial charge in [0.2, 0.25) is 0 Å². The van der Waals surface area contributed by atoms with Crippen LogP contribution in [0.3, 0.4) is 0 Å². The Balaban J connectivity index is 2.32. The summed E-state index contributed by atoms with van der Waals surface area (Å²) >= 11 is 0. The zero-order valence-corrected chi connectivity index (χ0v) is 13.9. The summed E-state index contributed by atoms with van der Waals surface area (Å²) in [5, 5.41) is 0. The highest BCUT2D eigenvalue weighted by molar-refractivity contribution is 7.87. The third-order valence-corrected chi connectivity index (χ3v) is 4.27. The van der Waals surface area contributed by atoms with Gasteiger partial charge in [0.25, 0.3) is 0 Å². The number of hydrogen-bond acceptors (Lipinski definition) is 5. The topological polar surface area (TPSA) is 61.8 Å². The molecule has 0 aliphatic carbocycles. The van der Waals surface area contributed by atoms with Crippen molar-refractivity contribution in [3.63, 3.8) is 0 Å². The van der Waals surface area contributed by atoms with E-state index in [1.165, 1.54) is 19.2 Å². The molecule has 0 aliphatic rings. The molecule has 0 aliphatic heterocycles. The lowest BCUT2D eigenvalue weighted by atomic mass is 10.2. The molecule has 0 saturated heterocycles. The molecule has 6 heteroatoms. The first kappa shape index (κ1) is 17.1. The lowest BCUT2D eigenvalue weighted by Gasteiger charge is -2.12. The Hall–Kier alpha value is -2.21. The van der Waals surface area contributed by atoms with E-state index in [-0.39, 0.29) is 16.4 Å². The molecule has 123 valence electrons. The first-order valence-corrected chi connectivity index (χ1v) is 8.48. The molecule has 0 unspecified atom stereocenters. The monoisotopic (exact) mass is 335 g/mol. The summed E-state index contributed by atoms with van der Waals surface area (Å²) in [6, 6.07) is 11.3. The SMILES string of the molecule is [CH2]CCOc1cc(C)cc(OS(=O)(=O)c2ccccc2OC)c1. The Bertz CT molecular complexity index is 768. The van der Waals surface area contributed by atoms with Crippen molar-refractivity contribution in [2.24, 2.45) is 0 Å². The smallest absolute Gasteiger partial charge is 0.342 e. The maximum absolute atomic E-state index is 12.5. The molecule has 0 bridgehead atoms. The number of hydrogen-bond donors (Lipinski definition) is 0. The summed E-state index contributed by atoms with van der Waals surface area (Å²) in [5.74, 6) is 0.961. The summed E-state index contributed by atoms with van der Waals surface area (Å²) in [5.41, 5.74) is 0.830. The Labute approximate surface area is 136 Å². The first-order valence-electron chi connectivity index (χ1n) is 7.07. The van der Waals surface area contributed by atoms with Crippen LogP contribution in [0, 0.1) is 13.8 Å². The lowest BCUT2D eigenvalue weighted by Crippen LogP contribution is -2.11. The molecule has 2 aromatic carbocycles. The zero-order valence-electron chi connectivity index (χ0n) is 13.1. The Kier molecular flexibility index (Phi) is 5.50. The predicted octanol–water partition coefficient (Wildman–Crippen LogP) is 3.37. The largest absolute Gasteiger partial charge is 0.495 e. The fourth-order valence-corrected chi connectivity index (χ4v) is 3.11. The maximum atomic E-state index is 12.5. The molecule has 2 rings (SSSR count). The van der Waals surface area contributed by atoms with Crippen LogP contribution in [-0.2, 0) is 10.1 Å². The predicted molar refractivity (Wildman–Crippen MR) is 87.5 cm³/mol. The van der Waals surface area contributed by atoms with E-state index in [1.54, 1.807) is 30.3 Å². The molecule has 0 N–H and O–H groups in total. The second kappa shape index (κ2) is 7.37. The highest BCUT2D eigenvalue weighted by Gasteiger charge is 2.21. The van der Waals surface area contributed by atoms with Crippen molar-refractivity contribution < 1.29 is 22.1 Å². The minimum absolute atomic E-state index is 0.0239. The van der Waals surface area contributed by atoms with E-state index in [2.05, 4.69) is 6.92 Å². The van der Waals surface area contributed by atoms with Gasteiger partial charge in [-0.25, -0.2) is 0 Å². The van der Waals surface area contributed by atoms with Crippen LogP contribution in [0.2, 0.25) is 0 Å². The van der Waals surface area contributed by atoms with E-state index in [9.17, 15) is 8.42 Å². The van der Waals surface area contributed by atoms with E-state index in [4.69, 9.17) is 13.7 Å². The number of aryl methyl sites for hydroxylation is 1. The highest BCUT2D eigenvalue weighted by Crippen LogP contribution is 2.29. The summed E-state index contributed by atoms with van der Waals surface area (Å²) in [7, 11) is -2.59. The number of methoxy groups -OCH3 is 1. The van der Waals surface area contributed by atoms with Gasteiger partial charge in [0, 0.05) is 6.07 Å². The molecule has 1 radical (unpaired) electrons. The first-order chi connectivity index (χ1) is 11.0. The molecule has 23 heavy (non-hydrogen) atoms. The zero-order chi connectivity index (χ0) is 16.9. The third kappa shape index (κ3) is 4.39. The molecule has 2 aromatic rings. The molecule has 5 nitrogen and oxygen atoms in total. The van der Waals surface area contributed by atoms with Crippen LogP contribution < -0.4 is 13.7 Å². The van der Waals surface area contributed by atoms with Crippen LogP contribution in [0.4, 0.5) is 0 Å². The molecule has 0 amide bonds. The van der Waals surface area contributed by atoms with Gasteiger partial charge in [0.1, 0.15) is 22.1 Å². The number of benzene rings is 2. The highest BCUT2D eigenvalue weighted by atomic mass is 32.2. The van der Waals surface area contributed by atoms with Crippen LogP contribution in [0.15, 0.2) is 47.4 Å². The maximum Gasteiger partial charge on any atom is 0.342 e. The fourth-order valence-electron chi connectivity index (χ4n) is 2.03. The van der Waals surface area contributed by atoms with E-state index < -0.39 is 10.1 Å². The average Bonchev–Trinajstić information content (AvgIpc) is 2.52. The standard InChI is InChI=1S/C17H19O5S/c1-4-9-21-14-10-13(2)11-15(12-14)22-23(18,19)17-8-6-5-7-16(17)20-3/h5-8,10-12H,1,4,9H2,2-3H3. The summed E-state index contributed by atoms with van der Waals surface area (Å²) < 4.78 is 40.7. The number of para-hydroxylation sites is 1. The van der Waals surface area contributed by atoms with E-state index in [0.717, 1.165) is 5.56 Å².